The summed E-state index contributed by atoms with van der Waals surface area (Å²) >= 11 is 0. The number of hydrogen-bond acceptors (Lipinski definition) is 4. The Bertz CT molecular complexity index is 502. The Morgan fingerprint density at radius 1 is 1.30 bits per heavy atom. The molecule has 0 aliphatic carbocycles. The highest BCUT2D eigenvalue weighted by atomic mass is 16.5. The number of morpholine rings is 1. The highest BCUT2D eigenvalue weighted by Crippen LogP contribution is 2.17. The van der Waals surface area contributed by atoms with Gasteiger partial charge in [-0.3, -0.25) is 9.69 Å². The first-order valence-electron chi connectivity index (χ1n) is 6.42. The second-order valence-corrected chi connectivity index (χ2v) is 4.76. The zero-order chi connectivity index (χ0) is 14.5. The number of benzene rings is 1. The maximum absolute atomic E-state index is 11.2. The first-order chi connectivity index (χ1) is 9.58. The summed E-state index contributed by atoms with van der Waals surface area (Å²) in [4.78, 5) is 24.0. The van der Waals surface area contributed by atoms with Gasteiger partial charge >= 0.3 is 11.9 Å². The first kappa shape index (κ1) is 14.5. The van der Waals surface area contributed by atoms with Gasteiger partial charge in [-0.05, 0) is 11.6 Å². The maximum atomic E-state index is 11.2. The Morgan fingerprint density at radius 3 is 2.75 bits per heavy atom. The molecule has 1 aliphatic heterocycles. The Hall–Kier alpha value is -1.92. The van der Waals surface area contributed by atoms with Crippen LogP contribution in [0.15, 0.2) is 24.3 Å². The fraction of sp³-hybridized carbons (Fsp3) is 0.429. The van der Waals surface area contributed by atoms with E-state index in [4.69, 9.17) is 14.9 Å². The highest BCUT2D eigenvalue weighted by Gasteiger charge is 2.26. The molecule has 1 aliphatic rings. The minimum atomic E-state index is -0.969. The van der Waals surface area contributed by atoms with Crippen molar-refractivity contribution in [1.82, 2.24) is 4.90 Å². The monoisotopic (exact) mass is 279 g/mol. The summed E-state index contributed by atoms with van der Waals surface area (Å²) in [5, 5.41) is 18.1. The second-order valence-electron chi connectivity index (χ2n) is 4.76. The van der Waals surface area contributed by atoms with Crippen LogP contribution in [-0.2, 0) is 16.1 Å². The van der Waals surface area contributed by atoms with Gasteiger partial charge in [0.15, 0.2) is 0 Å². The molecule has 0 bridgehead atoms. The lowest BCUT2D eigenvalue weighted by Crippen LogP contribution is -2.46. The fourth-order valence-corrected chi connectivity index (χ4v) is 2.37. The lowest BCUT2D eigenvalue weighted by molar-refractivity contribution is -0.140. The number of rotatable bonds is 5. The Labute approximate surface area is 116 Å². The van der Waals surface area contributed by atoms with Crippen molar-refractivity contribution in [2.75, 3.05) is 19.8 Å². The average Bonchev–Trinajstić information content (AvgIpc) is 2.41. The molecule has 2 rings (SSSR count). The van der Waals surface area contributed by atoms with E-state index in [-0.39, 0.29) is 18.0 Å². The number of ether oxygens (including phenoxy) is 1. The van der Waals surface area contributed by atoms with Gasteiger partial charge in [0.05, 0.1) is 25.2 Å². The Kier molecular flexibility index (Phi) is 4.70. The Morgan fingerprint density at radius 2 is 2.05 bits per heavy atom. The molecule has 6 nitrogen and oxygen atoms in total. The van der Waals surface area contributed by atoms with Gasteiger partial charge in [-0.25, -0.2) is 4.79 Å². The van der Waals surface area contributed by atoms with Crippen molar-refractivity contribution in [2.45, 2.75) is 19.0 Å². The molecule has 2 N–H and O–H groups in total. The number of carboxylic acids is 2. The van der Waals surface area contributed by atoms with Crippen LogP contribution >= 0.6 is 0 Å². The average molecular weight is 279 g/mol. The molecular formula is C14H17NO5. The van der Waals surface area contributed by atoms with Crippen LogP contribution in [0.1, 0.15) is 22.3 Å². The van der Waals surface area contributed by atoms with E-state index < -0.39 is 11.9 Å². The Balaban J connectivity index is 2.14. The number of carbonyl (C=O) groups is 2. The van der Waals surface area contributed by atoms with Gasteiger partial charge in [0.25, 0.3) is 0 Å². The lowest BCUT2D eigenvalue weighted by atomic mass is 10.0. The van der Waals surface area contributed by atoms with E-state index in [1.165, 1.54) is 0 Å². The van der Waals surface area contributed by atoms with E-state index in [9.17, 15) is 9.59 Å². The van der Waals surface area contributed by atoms with Gasteiger partial charge in [0.2, 0.25) is 0 Å². The van der Waals surface area contributed by atoms with Gasteiger partial charge in [0.1, 0.15) is 0 Å². The standard InChI is InChI=1S/C14H17NO5/c16-13(17)7-11-9-20-6-5-15(11)8-10-3-1-2-4-12(10)14(18)19/h1-4,11H,5-9H2,(H,16,17)(H,18,19). The number of aliphatic carboxylic acids is 1. The summed E-state index contributed by atoms with van der Waals surface area (Å²) in [6, 6.07) is 6.57. The summed E-state index contributed by atoms with van der Waals surface area (Å²) in [6.45, 7) is 1.92. The maximum Gasteiger partial charge on any atom is 0.336 e. The summed E-state index contributed by atoms with van der Waals surface area (Å²) < 4.78 is 5.31. The SMILES string of the molecule is O=C(O)CC1COCCN1Cc1ccccc1C(=O)O. The molecule has 108 valence electrons. The molecule has 1 unspecified atom stereocenters. The molecule has 0 saturated carbocycles. The smallest absolute Gasteiger partial charge is 0.336 e. The normalized spacial score (nSPS) is 19.7. The van der Waals surface area contributed by atoms with Crippen LogP contribution in [0.4, 0.5) is 0 Å². The fourth-order valence-electron chi connectivity index (χ4n) is 2.37. The summed E-state index contributed by atoms with van der Waals surface area (Å²) in [6.07, 6.45) is -0.00472. The van der Waals surface area contributed by atoms with Crippen LogP contribution in [0.3, 0.4) is 0 Å². The molecule has 1 aromatic carbocycles. The van der Waals surface area contributed by atoms with Crippen molar-refractivity contribution in [3.05, 3.63) is 35.4 Å². The zero-order valence-corrected chi connectivity index (χ0v) is 11.0. The minimum Gasteiger partial charge on any atom is -0.481 e. The number of nitrogens with zero attached hydrogens (tertiary/aromatic N) is 1. The van der Waals surface area contributed by atoms with Gasteiger partial charge in [-0.15, -0.1) is 0 Å². The van der Waals surface area contributed by atoms with Crippen LogP contribution < -0.4 is 0 Å². The molecule has 0 amide bonds. The zero-order valence-electron chi connectivity index (χ0n) is 11.0. The number of hydrogen-bond donors (Lipinski definition) is 2. The molecule has 6 heteroatoms. The third-order valence-corrected chi connectivity index (χ3v) is 3.38. The third-order valence-electron chi connectivity index (χ3n) is 3.38. The van der Waals surface area contributed by atoms with Crippen LogP contribution in [0.2, 0.25) is 0 Å². The molecule has 0 spiro atoms. The van der Waals surface area contributed by atoms with E-state index in [2.05, 4.69) is 0 Å². The van der Waals surface area contributed by atoms with Gasteiger partial charge in [-0.1, -0.05) is 18.2 Å². The summed E-state index contributed by atoms with van der Waals surface area (Å²) in [5.74, 6) is -1.85. The molecular weight excluding hydrogens is 262 g/mol. The summed E-state index contributed by atoms with van der Waals surface area (Å²) in [7, 11) is 0. The topological polar surface area (TPSA) is 87.1 Å². The minimum absolute atomic E-state index is 0.00472. The predicted octanol–water partition coefficient (Wildman–Crippen LogP) is 1.06. The third kappa shape index (κ3) is 3.55. The van der Waals surface area contributed by atoms with E-state index >= 15 is 0 Å². The van der Waals surface area contributed by atoms with Gasteiger partial charge in [-0.2, -0.15) is 0 Å². The van der Waals surface area contributed by atoms with E-state index in [1.54, 1.807) is 24.3 Å². The predicted molar refractivity (Wildman–Crippen MR) is 70.7 cm³/mol. The van der Waals surface area contributed by atoms with Crippen molar-refractivity contribution in [2.24, 2.45) is 0 Å². The number of aromatic carboxylic acids is 1. The van der Waals surface area contributed by atoms with Crippen LogP contribution in [0.25, 0.3) is 0 Å². The van der Waals surface area contributed by atoms with Gasteiger partial charge < -0.3 is 14.9 Å². The van der Waals surface area contributed by atoms with E-state index in [0.717, 1.165) is 0 Å². The quantitative estimate of drug-likeness (QED) is 0.838. The van der Waals surface area contributed by atoms with Crippen molar-refractivity contribution < 1.29 is 24.5 Å². The van der Waals surface area contributed by atoms with Crippen LogP contribution in [0, 0.1) is 0 Å². The summed E-state index contributed by atoms with van der Waals surface area (Å²) in [5.41, 5.74) is 0.949. The van der Waals surface area contributed by atoms with Crippen molar-refractivity contribution in [3.63, 3.8) is 0 Å². The molecule has 0 aromatic heterocycles. The van der Waals surface area contributed by atoms with Crippen LogP contribution in [-0.4, -0.2) is 52.9 Å². The van der Waals surface area contributed by atoms with E-state index in [0.29, 0.717) is 31.9 Å². The van der Waals surface area contributed by atoms with Crippen molar-refractivity contribution in [3.8, 4) is 0 Å². The molecule has 1 heterocycles. The van der Waals surface area contributed by atoms with Gasteiger partial charge in [0, 0.05) is 19.1 Å². The molecule has 1 fully saturated rings. The number of carboxylic acid groups (broad SMARTS) is 2. The van der Waals surface area contributed by atoms with E-state index in [1.807, 2.05) is 4.90 Å². The molecule has 20 heavy (non-hydrogen) atoms. The van der Waals surface area contributed by atoms with Crippen molar-refractivity contribution in [1.29, 1.82) is 0 Å². The van der Waals surface area contributed by atoms with Crippen LogP contribution in [0.5, 0.6) is 0 Å². The van der Waals surface area contributed by atoms with Crippen molar-refractivity contribution >= 4 is 11.9 Å². The lowest BCUT2D eigenvalue weighted by Gasteiger charge is -2.35. The molecule has 1 aromatic rings. The molecule has 0 radical (unpaired) electrons. The highest BCUT2D eigenvalue weighted by molar-refractivity contribution is 5.89. The largest absolute Gasteiger partial charge is 0.481 e. The molecule has 1 saturated heterocycles. The first-order valence-corrected chi connectivity index (χ1v) is 6.42. The second kappa shape index (κ2) is 6.49. The molecule has 1 atom stereocenters.